The van der Waals surface area contributed by atoms with Crippen molar-refractivity contribution in [3.8, 4) is 11.5 Å². The van der Waals surface area contributed by atoms with E-state index >= 15 is 0 Å². The smallest absolute Gasteiger partial charge is 0.309 e. The van der Waals surface area contributed by atoms with Crippen LogP contribution in [0.25, 0.3) is 0 Å². The maximum atomic E-state index is 12.0. The van der Waals surface area contributed by atoms with Gasteiger partial charge in [0, 0.05) is 6.10 Å². The maximum absolute atomic E-state index is 12.0. The summed E-state index contributed by atoms with van der Waals surface area (Å²) in [4.78, 5) is 0. The van der Waals surface area contributed by atoms with Gasteiger partial charge in [-0.05, 0) is 91.9 Å². The van der Waals surface area contributed by atoms with Gasteiger partial charge < -0.3 is 13.6 Å². The molecule has 0 amide bonds. The van der Waals surface area contributed by atoms with Crippen LogP contribution in [0.2, 0.25) is 0 Å². The van der Waals surface area contributed by atoms with Crippen LogP contribution < -0.4 is 8.92 Å². The molecule has 0 aromatic heterocycles. The first kappa shape index (κ1) is 20.1. The standard InChI is InChI=1S/C21H29BO5S/c1-4-28(23,24)27-19-11-13-5-6-15-14(16(13)12-18(19)25-3)9-10-21(2)17(15)7-8-20(21)26-22/h11-12,14-15,17,20H,4-10H2,1-3H3/t14?,15?,17?,20?,21-/m0/s1. The molecule has 0 heterocycles. The lowest BCUT2D eigenvalue weighted by molar-refractivity contribution is -0.00764. The molecule has 7 heteroatoms. The molecule has 4 unspecified atom stereocenters. The van der Waals surface area contributed by atoms with E-state index in [1.54, 1.807) is 14.0 Å². The Labute approximate surface area is 169 Å². The zero-order chi connectivity index (χ0) is 20.1. The Morgan fingerprint density at radius 3 is 2.64 bits per heavy atom. The highest BCUT2D eigenvalue weighted by molar-refractivity contribution is 7.87. The fraction of sp³-hybridized carbons (Fsp3) is 0.714. The number of hydrogen-bond donors (Lipinski definition) is 0. The first-order valence-electron chi connectivity index (χ1n) is 10.3. The summed E-state index contributed by atoms with van der Waals surface area (Å²) in [5, 5.41) is 0. The SMILES string of the molecule is [B]OC1CCC2C3CCc4cc(OS(=O)(=O)CC)c(OC)cc4C3CC[C@]12C. The number of benzene rings is 1. The molecule has 4 rings (SSSR count). The number of rotatable bonds is 5. The molecule has 0 N–H and O–H groups in total. The molecule has 2 saturated carbocycles. The number of hydrogen-bond acceptors (Lipinski definition) is 5. The van der Waals surface area contributed by atoms with Crippen molar-refractivity contribution in [3.63, 3.8) is 0 Å². The maximum Gasteiger partial charge on any atom is 0.309 e. The topological polar surface area (TPSA) is 61.8 Å². The van der Waals surface area contributed by atoms with Gasteiger partial charge >= 0.3 is 10.1 Å². The van der Waals surface area contributed by atoms with E-state index in [1.165, 1.54) is 17.5 Å². The Kier molecular flexibility index (Phi) is 5.19. The van der Waals surface area contributed by atoms with E-state index in [0.29, 0.717) is 29.3 Å². The molecule has 5 atom stereocenters. The fourth-order valence-corrected chi connectivity index (χ4v) is 6.70. The second kappa shape index (κ2) is 7.24. The Morgan fingerprint density at radius 1 is 1.18 bits per heavy atom. The molecule has 2 fully saturated rings. The molecule has 152 valence electrons. The van der Waals surface area contributed by atoms with E-state index in [2.05, 4.69) is 6.92 Å². The van der Waals surface area contributed by atoms with Crippen molar-refractivity contribution in [1.82, 2.24) is 0 Å². The lowest BCUT2D eigenvalue weighted by Crippen LogP contribution is -2.44. The van der Waals surface area contributed by atoms with Crippen molar-refractivity contribution >= 4 is 18.2 Å². The minimum absolute atomic E-state index is 0.0669. The van der Waals surface area contributed by atoms with Crippen LogP contribution in [-0.4, -0.2) is 35.4 Å². The molecular weight excluding hydrogens is 375 g/mol. The Hall–Kier alpha value is -1.21. The van der Waals surface area contributed by atoms with Gasteiger partial charge in [0.2, 0.25) is 0 Å². The van der Waals surface area contributed by atoms with Gasteiger partial charge in [0.25, 0.3) is 8.05 Å². The van der Waals surface area contributed by atoms with Crippen molar-refractivity contribution in [2.24, 2.45) is 17.3 Å². The monoisotopic (exact) mass is 404 g/mol. The number of ether oxygens (including phenoxy) is 1. The van der Waals surface area contributed by atoms with Gasteiger partial charge in [0.1, 0.15) is 0 Å². The number of aryl methyl sites for hydroxylation is 1. The van der Waals surface area contributed by atoms with E-state index < -0.39 is 10.1 Å². The van der Waals surface area contributed by atoms with Crippen LogP contribution in [0.1, 0.15) is 63.0 Å². The summed E-state index contributed by atoms with van der Waals surface area (Å²) in [7, 11) is 3.58. The minimum Gasteiger partial charge on any atom is -0.493 e. The molecule has 0 bridgehead atoms. The predicted molar refractivity (Wildman–Crippen MR) is 108 cm³/mol. The molecule has 28 heavy (non-hydrogen) atoms. The quantitative estimate of drug-likeness (QED) is 0.553. The summed E-state index contributed by atoms with van der Waals surface area (Å²) in [6, 6.07) is 3.90. The molecule has 3 aliphatic carbocycles. The fourth-order valence-electron chi connectivity index (χ4n) is 6.17. The second-order valence-electron chi connectivity index (χ2n) is 8.79. The first-order chi connectivity index (χ1) is 13.3. The minimum atomic E-state index is -3.59. The highest BCUT2D eigenvalue weighted by Gasteiger charge is 2.54. The van der Waals surface area contributed by atoms with Crippen LogP contribution in [0, 0.1) is 17.3 Å². The highest BCUT2D eigenvalue weighted by atomic mass is 32.2. The van der Waals surface area contributed by atoms with Crippen LogP contribution in [-0.2, 0) is 21.2 Å². The molecule has 0 aliphatic heterocycles. The van der Waals surface area contributed by atoms with Crippen molar-refractivity contribution in [2.75, 3.05) is 12.9 Å². The predicted octanol–water partition coefficient (Wildman–Crippen LogP) is 3.75. The summed E-state index contributed by atoms with van der Waals surface area (Å²) in [6.45, 7) is 3.92. The summed E-state index contributed by atoms with van der Waals surface area (Å²) in [5.41, 5.74) is 2.65. The molecule has 1 aromatic carbocycles. The molecule has 2 radical (unpaired) electrons. The average molecular weight is 404 g/mol. The Balaban J connectivity index is 1.67. The second-order valence-corrected chi connectivity index (χ2v) is 10.7. The average Bonchev–Trinajstić information content (AvgIpc) is 3.03. The van der Waals surface area contributed by atoms with E-state index in [0.717, 1.165) is 32.1 Å². The van der Waals surface area contributed by atoms with Crippen LogP contribution in [0.3, 0.4) is 0 Å². The lowest BCUT2D eigenvalue weighted by Gasteiger charge is -2.50. The largest absolute Gasteiger partial charge is 0.493 e. The number of methoxy groups -OCH3 is 1. The normalized spacial score (nSPS) is 34.2. The molecule has 0 spiro atoms. The Morgan fingerprint density at radius 2 is 1.96 bits per heavy atom. The van der Waals surface area contributed by atoms with Gasteiger partial charge in [-0.1, -0.05) is 6.92 Å². The molecule has 3 aliphatic rings. The molecule has 5 nitrogen and oxygen atoms in total. The molecule has 1 aromatic rings. The third-order valence-electron chi connectivity index (χ3n) is 7.66. The van der Waals surface area contributed by atoms with Gasteiger partial charge in [0.05, 0.1) is 12.9 Å². The van der Waals surface area contributed by atoms with Crippen LogP contribution in [0.5, 0.6) is 11.5 Å². The van der Waals surface area contributed by atoms with Crippen LogP contribution >= 0.6 is 0 Å². The zero-order valence-electron chi connectivity index (χ0n) is 16.9. The van der Waals surface area contributed by atoms with Crippen molar-refractivity contribution in [2.45, 2.75) is 64.4 Å². The zero-order valence-corrected chi connectivity index (χ0v) is 17.8. The third-order valence-corrected chi connectivity index (χ3v) is 8.80. The van der Waals surface area contributed by atoms with Gasteiger partial charge in [-0.2, -0.15) is 8.42 Å². The van der Waals surface area contributed by atoms with Crippen molar-refractivity contribution in [3.05, 3.63) is 23.3 Å². The summed E-state index contributed by atoms with van der Waals surface area (Å²) < 4.78 is 40.1. The van der Waals surface area contributed by atoms with E-state index in [1.807, 2.05) is 12.1 Å². The molecule has 0 saturated heterocycles. The lowest BCUT2D eigenvalue weighted by atomic mass is 9.55. The third kappa shape index (κ3) is 3.15. The van der Waals surface area contributed by atoms with Crippen LogP contribution in [0.4, 0.5) is 0 Å². The van der Waals surface area contributed by atoms with Gasteiger partial charge in [-0.3, -0.25) is 0 Å². The van der Waals surface area contributed by atoms with Gasteiger partial charge in [0.15, 0.2) is 11.5 Å². The molecular formula is C21H29BO5S. The van der Waals surface area contributed by atoms with E-state index in [9.17, 15) is 8.42 Å². The van der Waals surface area contributed by atoms with Crippen LogP contribution in [0.15, 0.2) is 12.1 Å². The van der Waals surface area contributed by atoms with Crippen molar-refractivity contribution < 1.29 is 22.0 Å². The van der Waals surface area contributed by atoms with E-state index in [4.69, 9.17) is 21.6 Å². The summed E-state index contributed by atoms with van der Waals surface area (Å²) in [5.74, 6) is 2.45. The highest BCUT2D eigenvalue weighted by Crippen LogP contribution is 2.61. The van der Waals surface area contributed by atoms with Gasteiger partial charge in [-0.15, -0.1) is 0 Å². The number of fused-ring (bicyclic) bond motifs is 5. The van der Waals surface area contributed by atoms with Gasteiger partial charge in [-0.25, -0.2) is 0 Å². The van der Waals surface area contributed by atoms with Crippen molar-refractivity contribution in [1.29, 1.82) is 0 Å². The first-order valence-corrected chi connectivity index (χ1v) is 11.9. The van der Waals surface area contributed by atoms with E-state index in [-0.39, 0.29) is 17.3 Å². The summed E-state index contributed by atoms with van der Waals surface area (Å²) >= 11 is 0. The summed E-state index contributed by atoms with van der Waals surface area (Å²) in [6.07, 6.45) is 6.61. The Bertz CT molecular complexity index is 855.